The number of nitrogens with one attached hydrogen (secondary N) is 1. The minimum Gasteiger partial charge on any atom is -0.497 e. The number of methoxy groups -OCH3 is 1. The molecule has 5 nitrogen and oxygen atoms in total. The van der Waals surface area contributed by atoms with Crippen molar-refractivity contribution < 1.29 is 19.0 Å². The van der Waals surface area contributed by atoms with E-state index in [2.05, 4.69) is 5.32 Å². The molecule has 0 atom stereocenters. The van der Waals surface area contributed by atoms with Gasteiger partial charge in [0.1, 0.15) is 17.2 Å². The molecule has 0 unspecified atom stereocenters. The highest BCUT2D eigenvalue weighted by molar-refractivity contribution is 5.77. The van der Waals surface area contributed by atoms with Crippen LogP contribution in [0.25, 0.3) is 0 Å². The predicted octanol–water partition coefficient (Wildman–Crippen LogP) is 2.83. The van der Waals surface area contributed by atoms with Crippen LogP contribution in [0.5, 0.6) is 17.2 Å². The average Bonchev–Trinajstić information content (AvgIpc) is 2.61. The van der Waals surface area contributed by atoms with Crippen LogP contribution in [0, 0.1) is 0 Å². The van der Waals surface area contributed by atoms with Crippen LogP contribution in [0.3, 0.4) is 0 Å². The molecule has 0 aliphatic heterocycles. The Morgan fingerprint density at radius 3 is 2.46 bits per heavy atom. The van der Waals surface area contributed by atoms with Crippen molar-refractivity contribution in [2.24, 2.45) is 0 Å². The third-order valence-corrected chi connectivity index (χ3v) is 3.36. The zero-order valence-electron chi connectivity index (χ0n) is 14.1. The van der Waals surface area contributed by atoms with E-state index in [0.717, 1.165) is 23.5 Å². The maximum Gasteiger partial charge on any atom is 0.257 e. The van der Waals surface area contributed by atoms with Crippen molar-refractivity contribution in [2.75, 3.05) is 26.9 Å². The van der Waals surface area contributed by atoms with E-state index < -0.39 is 0 Å². The van der Waals surface area contributed by atoms with Gasteiger partial charge >= 0.3 is 0 Å². The summed E-state index contributed by atoms with van der Waals surface area (Å²) < 4.78 is 16.1. The third kappa shape index (κ3) is 5.83. The van der Waals surface area contributed by atoms with Crippen LogP contribution in [0.4, 0.5) is 0 Å². The van der Waals surface area contributed by atoms with Crippen molar-refractivity contribution in [1.82, 2.24) is 5.32 Å². The van der Waals surface area contributed by atoms with E-state index >= 15 is 0 Å². The highest BCUT2D eigenvalue weighted by Gasteiger charge is 2.04. The summed E-state index contributed by atoms with van der Waals surface area (Å²) in [5.74, 6) is 2.01. The number of carbonyl (C=O) groups excluding carboxylic acids is 1. The molecule has 0 aliphatic rings. The van der Waals surface area contributed by atoms with Crippen molar-refractivity contribution in [3.8, 4) is 17.2 Å². The topological polar surface area (TPSA) is 56.8 Å². The van der Waals surface area contributed by atoms with Gasteiger partial charge in [-0.3, -0.25) is 4.79 Å². The number of carbonyl (C=O) groups is 1. The molecule has 5 heteroatoms. The van der Waals surface area contributed by atoms with Crippen molar-refractivity contribution in [1.29, 1.82) is 0 Å². The van der Waals surface area contributed by atoms with Gasteiger partial charge in [-0.15, -0.1) is 0 Å². The molecular weight excluding hydrogens is 306 g/mol. The maximum absolute atomic E-state index is 11.8. The van der Waals surface area contributed by atoms with Gasteiger partial charge < -0.3 is 19.5 Å². The van der Waals surface area contributed by atoms with E-state index in [1.165, 1.54) is 0 Å². The monoisotopic (exact) mass is 329 g/mol. The quantitative estimate of drug-likeness (QED) is 0.768. The lowest BCUT2D eigenvalue weighted by atomic mass is 10.1. The Labute approximate surface area is 142 Å². The fraction of sp³-hybridized carbons (Fsp3) is 0.316. The number of hydrogen-bond donors (Lipinski definition) is 1. The number of amides is 1. The summed E-state index contributed by atoms with van der Waals surface area (Å²) in [6.07, 6.45) is 0.739. The van der Waals surface area contributed by atoms with E-state index in [-0.39, 0.29) is 12.5 Å². The van der Waals surface area contributed by atoms with Crippen LogP contribution in [0.15, 0.2) is 48.5 Å². The molecule has 2 rings (SSSR count). The lowest BCUT2D eigenvalue weighted by Gasteiger charge is -2.09. The molecular formula is C19H23NO4. The average molecular weight is 329 g/mol. The molecule has 0 bridgehead atoms. The fourth-order valence-electron chi connectivity index (χ4n) is 2.19. The Bertz CT molecular complexity index is 657. The van der Waals surface area contributed by atoms with Gasteiger partial charge in [-0.05, 0) is 43.2 Å². The van der Waals surface area contributed by atoms with Gasteiger partial charge in [-0.2, -0.15) is 0 Å². The summed E-state index contributed by atoms with van der Waals surface area (Å²) in [5, 5.41) is 2.84. The Hall–Kier alpha value is -2.69. The Morgan fingerprint density at radius 2 is 1.71 bits per heavy atom. The second-order valence-electron chi connectivity index (χ2n) is 5.15. The second kappa shape index (κ2) is 9.45. The van der Waals surface area contributed by atoms with E-state index in [0.29, 0.717) is 18.9 Å². The van der Waals surface area contributed by atoms with Crippen molar-refractivity contribution in [3.63, 3.8) is 0 Å². The molecule has 128 valence electrons. The third-order valence-electron chi connectivity index (χ3n) is 3.36. The highest BCUT2D eigenvalue weighted by Crippen LogP contribution is 2.19. The van der Waals surface area contributed by atoms with Gasteiger partial charge in [0, 0.05) is 12.6 Å². The molecule has 2 aromatic rings. The smallest absolute Gasteiger partial charge is 0.257 e. The first-order valence-corrected chi connectivity index (χ1v) is 7.96. The Morgan fingerprint density at radius 1 is 1.00 bits per heavy atom. The number of rotatable bonds is 9. The van der Waals surface area contributed by atoms with E-state index in [4.69, 9.17) is 14.2 Å². The van der Waals surface area contributed by atoms with Gasteiger partial charge in [-0.1, -0.05) is 18.2 Å². The van der Waals surface area contributed by atoms with Crippen LogP contribution < -0.4 is 19.5 Å². The van der Waals surface area contributed by atoms with Crippen LogP contribution >= 0.6 is 0 Å². The maximum atomic E-state index is 11.8. The zero-order chi connectivity index (χ0) is 17.2. The molecule has 0 heterocycles. The van der Waals surface area contributed by atoms with E-state index in [9.17, 15) is 4.79 Å². The van der Waals surface area contributed by atoms with Gasteiger partial charge in [-0.25, -0.2) is 0 Å². The standard InChI is InChI=1S/C19H23NO4/c1-3-23-17-8-5-9-18(13-17)24-14-19(21)20-11-10-15-6-4-7-16(12-15)22-2/h4-9,12-13H,3,10-11,14H2,1-2H3,(H,20,21). The molecule has 1 amide bonds. The summed E-state index contributed by atoms with van der Waals surface area (Å²) in [7, 11) is 1.64. The lowest BCUT2D eigenvalue weighted by Crippen LogP contribution is -2.30. The lowest BCUT2D eigenvalue weighted by molar-refractivity contribution is -0.123. The molecule has 2 aromatic carbocycles. The van der Waals surface area contributed by atoms with Gasteiger partial charge in [0.25, 0.3) is 5.91 Å². The zero-order valence-corrected chi connectivity index (χ0v) is 14.1. The van der Waals surface area contributed by atoms with Crippen LogP contribution in [0.1, 0.15) is 12.5 Å². The molecule has 0 aromatic heterocycles. The summed E-state index contributed by atoms with van der Waals surface area (Å²) in [6.45, 7) is 3.04. The molecule has 0 radical (unpaired) electrons. The second-order valence-corrected chi connectivity index (χ2v) is 5.15. The normalized spacial score (nSPS) is 10.1. The molecule has 0 aliphatic carbocycles. The largest absolute Gasteiger partial charge is 0.497 e. The first-order chi connectivity index (χ1) is 11.7. The minimum absolute atomic E-state index is 0.0201. The molecule has 0 saturated carbocycles. The van der Waals surface area contributed by atoms with Crippen LogP contribution in [-0.4, -0.2) is 32.8 Å². The summed E-state index contributed by atoms with van der Waals surface area (Å²) >= 11 is 0. The summed E-state index contributed by atoms with van der Waals surface area (Å²) in [4.78, 5) is 11.8. The Kier molecular flexibility index (Phi) is 6.95. The highest BCUT2D eigenvalue weighted by atomic mass is 16.5. The van der Waals surface area contributed by atoms with Crippen LogP contribution in [-0.2, 0) is 11.2 Å². The van der Waals surface area contributed by atoms with Crippen molar-refractivity contribution in [3.05, 3.63) is 54.1 Å². The van der Waals surface area contributed by atoms with Crippen molar-refractivity contribution in [2.45, 2.75) is 13.3 Å². The molecule has 1 N–H and O–H groups in total. The predicted molar refractivity (Wildman–Crippen MR) is 92.8 cm³/mol. The summed E-state index contributed by atoms with van der Waals surface area (Å²) in [6, 6.07) is 15.0. The van der Waals surface area contributed by atoms with Crippen LogP contribution in [0.2, 0.25) is 0 Å². The summed E-state index contributed by atoms with van der Waals surface area (Å²) in [5.41, 5.74) is 1.11. The number of benzene rings is 2. The fourth-order valence-corrected chi connectivity index (χ4v) is 2.19. The number of hydrogen-bond acceptors (Lipinski definition) is 4. The molecule has 0 fully saturated rings. The molecule has 24 heavy (non-hydrogen) atoms. The van der Waals surface area contributed by atoms with Gasteiger partial charge in [0.15, 0.2) is 6.61 Å². The SMILES string of the molecule is CCOc1cccc(OCC(=O)NCCc2cccc(OC)c2)c1. The first-order valence-electron chi connectivity index (χ1n) is 7.96. The van der Waals surface area contributed by atoms with E-state index in [1.807, 2.05) is 43.3 Å². The Balaban J connectivity index is 1.72. The molecule has 0 saturated heterocycles. The number of ether oxygens (including phenoxy) is 3. The van der Waals surface area contributed by atoms with Gasteiger partial charge in [0.05, 0.1) is 13.7 Å². The van der Waals surface area contributed by atoms with Crippen molar-refractivity contribution >= 4 is 5.91 Å². The molecule has 0 spiro atoms. The first kappa shape index (κ1) is 17.7. The van der Waals surface area contributed by atoms with E-state index in [1.54, 1.807) is 19.2 Å². The minimum atomic E-state index is -0.153. The van der Waals surface area contributed by atoms with Gasteiger partial charge in [0.2, 0.25) is 0 Å².